The van der Waals surface area contributed by atoms with E-state index < -0.39 is 0 Å². The molecule has 10 aromatic rings. The van der Waals surface area contributed by atoms with Crippen molar-refractivity contribution in [3.05, 3.63) is 181 Å². The molecule has 0 unspecified atom stereocenters. The number of hydrogen-bond donors (Lipinski definition) is 0. The molecule has 0 atom stereocenters. The van der Waals surface area contributed by atoms with Crippen LogP contribution in [0.5, 0.6) is 0 Å². The third-order valence-electron chi connectivity index (χ3n) is 11.8. The molecule has 0 heterocycles. The van der Waals surface area contributed by atoms with Crippen molar-refractivity contribution < 1.29 is 0 Å². The molecule has 0 saturated heterocycles. The fraction of sp³-hybridized carbons (Fsp3) is 0.0588. The maximum atomic E-state index is 2.49. The van der Waals surface area contributed by atoms with Crippen LogP contribution in [0, 0.1) is 0 Å². The zero-order valence-corrected chi connectivity index (χ0v) is 28.7. The minimum atomic E-state index is -0.0658. The molecule has 0 heteroatoms. The highest BCUT2D eigenvalue weighted by atomic mass is 14.4. The Bertz CT molecular complexity index is 3050. The zero-order valence-electron chi connectivity index (χ0n) is 28.7. The van der Waals surface area contributed by atoms with Gasteiger partial charge in [-0.15, -0.1) is 0 Å². The zero-order chi connectivity index (χ0) is 33.8. The molecular formula is C51H34. The highest BCUT2D eigenvalue weighted by Gasteiger charge is 2.36. The highest BCUT2D eigenvalue weighted by Crippen LogP contribution is 2.53. The molecule has 1 aliphatic carbocycles. The lowest BCUT2D eigenvalue weighted by Gasteiger charge is -2.22. The van der Waals surface area contributed by atoms with Crippen molar-refractivity contribution in [1.29, 1.82) is 0 Å². The molecule has 11 rings (SSSR count). The van der Waals surface area contributed by atoms with Crippen molar-refractivity contribution in [3.63, 3.8) is 0 Å². The van der Waals surface area contributed by atoms with Gasteiger partial charge in [-0.1, -0.05) is 172 Å². The molecule has 1 aliphatic rings. The molecule has 0 fully saturated rings. The summed E-state index contributed by atoms with van der Waals surface area (Å²) >= 11 is 0. The minimum Gasteiger partial charge on any atom is -0.0616 e. The summed E-state index contributed by atoms with van der Waals surface area (Å²) in [5.41, 5.74) is 10.6. The van der Waals surface area contributed by atoms with E-state index in [1.165, 1.54) is 109 Å². The van der Waals surface area contributed by atoms with E-state index in [1.807, 2.05) is 0 Å². The normalized spacial score (nSPS) is 13.5. The summed E-state index contributed by atoms with van der Waals surface area (Å²) in [6.45, 7) is 4.75. The lowest BCUT2D eigenvalue weighted by Crippen LogP contribution is -2.14. The van der Waals surface area contributed by atoms with Crippen LogP contribution in [-0.2, 0) is 5.41 Å². The highest BCUT2D eigenvalue weighted by molar-refractivity contribution is 6.28. The van der Waals surface area contributed by atoms with Crippen molar-refractivity contribution in [1.82, 2.24) is 0 Å². The summed E-state index contributed by atoms with van der Waals surface area (Å²) in [6.07, 6.45) is 0. The van der Waals surface area contributed by atoms with Crippen molar-refractivity contribution in [2.24, 2.45) is 0 Å². The van der Waals surface area contributed by atoms with Crippen LogP contribution in [0.3, 0.4) is 0 Å². The molecule has 0 amide bonds. The van der Waals surface area contributed by atoms with Gasteiger partial charge in [0.1, 0.15) is 0 Å². The Morgan fingerprint density at radius 2 is 0.804 bits per heavy atom. The predicted molar refractivity (Wildman–Crippen MR) is 220 cm³/mol. The fourth-order valence-corrected chi connectivity index (χ4v) is 9.49. The van der Waals surface area contributed by atoms with Gasteiger partial charge in [0.2, 0.25) is 0 Å². The van der Waals surface area contributed by atoms with Gasteiger partial charge in [0.25, 0.3) is 0 Å². The van der Waals surface area contributed by atoms with Gasteiger partial charge in [-0.25, -0.2) is 0 Å². The number of rotatable bonds is 2. The van der Waals surface area contributed by atoms with E-state index in [2.05, 4.69) is 184 Å². The summed E-state index contributed by atoms with van der Waals surface area (Å²) in [6, 6.07) is 63.7. The third-order valence-corrected chi connectivity index (χ3v) is 11.8. The lowest BCUT2D eigenvalue weighted by atomic mass is 9.81. The van der Waals surface area contributed by atoms with Crippen molar-refractivity contribution in [2.45, 2.75) is 19.3 Å². The first kappa shape index (κ1) is 28.6. The molecule has 10 aromatic carbocycles. The predicted octanol–water partition coefficient (Wildman–Crippen LogP) is 14.2. The van der Waals surface area contributed by atoms with Gasteiger partial charge in [0.05, 0.1) is 0 Å². The van der Waals surface area contributed by atoms with Crippen molar-refractivity contribution in [2.75, 3.05) is 0 Å². The van der Waals surface area contributed by atoms with Gasteiger partial charge in [0.15, 0.2) is 0 Å². The van der Waals surface area contributed by atoms with E-state index in [9.17, 15) is 0 Å². The molecule has 0 bridgehead atoms. The van der Waals surface area contributed by atoms with Gasteiger partial charge in [-0.05, 0) is 121 Å². The molecule has 0 aromatic heterocycles. The average molecular weight is 647 g/mol. The van der Waals surface area contributed by atoms with Gasteiger partial charge < -0.3 is 0 Å². The maximum absolute atomic E-state index is 2.49. The first-order valence-corrected chi connectivity index (χ1v) is 18.0. The van der Waals surface area contributed by atoms with Crippen LogP contribution in [0.15, 0.2) is 170 Å². The van der Waals surface area contributed by atoms with Gasteiger partial charge in [-0.2, -0.15) is 0 Å². The van der Waals surface area contributed by atoms with Gasteiger partial charge in [0, 0.05) is 5.41 Å². The second kappa shape index (κ2) is 10.4. The number of fused-ring (bicyclic) bond motifs is 12. The summed E-state index contributed by atoms with van der Waals surface area (Å²) in [5.74, 6) is 0. The topological polar surface area (TPSA) is 0 Å². The van der Waals surface area contributed by atoms with Crippen LogP contribution in [0.1, 0.15) is 25.0 Å². The Morgan fingerprint density at radius 3 is 1.49 bits per heavy atom. The number of benzene rings is 10. The van der Waals surface area contributed by atoms with E-state index in [0.29, 0.717) is 0 Å². The molecule has 0 spiro atoms. The molecule has 0 aliphatic heterocycles. The molecule has 51 heavy (non-hydrogen) atoms. The van der Waals surface area contributed by atoms with E-state index in [-0.39, 0.29) is 5.41 Å². The summed E-state index contributed by atoms with van der Waals surface area (Å²) in [5, 5.41) is 15.5. The van der Waals surface area contributed by atoms with E-state index in [1.54, 1.807) is 0 Å². The Labute approximate surface area is 297 Å². The SMILES string of the molecule is CC1(C)c2ccc(-c3c4ccccc4c(-c4cc5ccc6ccccc6c5c5ccccc45)c4ccccc34)cc2-c2c1ccc1ccccc21. The third kappa shape index (κ3) is 3.91. The molecule has 0 saturated carbocycles. The average Bonchev–Trinajstić information content (AvgIpc) is 3.42. The Hall–Kier alpha value is -6.24. The number of hydrogen-bond acceptors (Lipinski definition) is 0. The maximum Gasteiger partial charge on any atom is 0.0159 e. The fourth-order valence-electron chi connectivity index (χ4n) is 9.49. The largest absolute Gasteiger partial charge is 0.0616 e. The van der Waals surface area contributed by atoms with Crippen LogP contribution in [0.2, 0.25) is 0 Å². The Morgan fingerprint density at radius 1 is 0.314 bits per heavy atom. The van der Waals surface area contributed by atoms with Crippen LogP contribution in [-0.4, -0.2) is 0 Å². The van der Waals surface area contributed by atoms with E-state index >= 15 is 0 Å². The molecule has 0 N–H and O–H groups in total. The molecule has 0 radical (unpaired) electrons. The summed E-state index contributed by atoms with van der Waals surface area (Å²) in [4.78, 5) is 0. The quantitative estimate of drug-likeness (QED) is 0.129. The van der Waals surface area contributed by atoms with Crippen molar-refractivity contribution >= 4 is 64.6 Å². The smallest absolute Gasteiger partial charge is 0.0159 e. The second-order valence-corrected chi connectivity index (χ2v) is 14.8. The van der Waals surface area contributed by atoms with Gasteiger partial charge >= 0.3 is 0 Å². The Kier molecular flexibility index (Phi) is 5.82. The first-order chi connectivity index (χ1) is 25.1. The molecule has 0 nitrogen and oxygen atoms in total. The van der Waals surface area contributed by atoms with Crippen LogP contribution in [0.25, 0.3) is 98.0 Å². The molecular weight excluding hydrogens is 613 g/mol. The lowest BCUT2D eigenvalue weighted by molar-refractivity contribution is 0.661. The van der Waals surface area contributed by atoms with Crippen molar-refractivity contribution in [3.8, 4) is 33.4 Å². The van der Waals surface area contributed by atoms with Crippen LogP contribution in [0.4, 0.5) is 0 Å². The van der Waals surface area contributed by atoms with E-state index in [4.69, 9.17) is 0 Å². The minimum absolute atomic E-state index is 0.0658. The summed E-state index contributed by atoms with van der Waals surface area (Å²) < 4.78 is 0. The first-order valence-electron chi connectivity index (χ1n) is 18.0. The van der Waals surface area contributed by atoms with Crippen LogP contribution < -0.4 is 0 Å². The second-order valence-electron chi connectivity index (χ2n) is 14.8. The molecule has 238 valence electrons. The van der Waals surface area contributed by atoms with E-state index in [0.717, 1.165) is 0 Å². The standard InChI is InChI=1S/C51H34/c1-51(2)45-27-26-34(30-44(45)50-36-16-6-4-14-32(36)25-28-46(50)51)48-39-19-9-11-21-41(39)49(42-22-12-10-20-40(42)48)43-29-33-24-23-31-13-3-5-15-35(31)47(33)38-18-8-7-17-37(38)43/h3-30H,1-2H3. The summed E-state index contributed by atoms with van der Waals surface area (Å²) in [7, 11) is 0. The monoisotopic (exact) mass is 646 g/mol. The van der Waals surface area contributed by atoms with Crippen LogP contribution >= 0.6 is 0 Å². The van der Waals surface area contributed by atoms with Gasteiger partial charge in [-0.3, -0.25) is 0 Å². The Balaban J connectivity index is 1.24.